The molecule has 0 radical (unpaired) electrons. The second-order valence-corrected chi connectivity index (χ2v) is 4.06. The molecule has 0 aliphatic rings. The van der Waals surface area contributed by atoms with Crippen molar-refractivity contribution in [1.29, 1.82) is 10.5 Å². The van der Waals surface area contributed by atoms with E-state index in [-0.39, 0.29) is 29.4 Å². The van der Waals surface area contributed by atoms with Crippen LogP contribution >= 0.6 is 0 Å². The Kier molecular flexibility index (Phi) is 3.82. The van der Waals surface area contributed by atoms with Crippen molar-refractivity contribution >= 4 is 5.69 Å². The SMILES string of the molecule is COc1cc(Cn2cnc(C#N)c2C#N)ccc1[N+](=O)[O-]. The van der Waals surface area contributed by atoms with Gasteiger partial charge < -0.3 is 9.30 Å². The smallest absolute Gasteiger partial charge is 0.310 e. The Morgan fingerprint density at radius 2 is 2.19 bits per heavy atom. The average molecular weight is 283 g/mol. The van der Waals surface area contributed by atoms with Gasteiger partial charge in [-0.1, -0.05) is 6.07 Å². The van der Waals surface area contributed by atoms with Crippen LogP contribution < -0.4 is 4.74 Å². The molecule has 104 valence electrons. The van der Waals surface area contributed by atoms with Crippen LogP contribution in [0, 0.1) is 32.8 Å². The maximum atomic E-state index is 10.8. The van der Waals surface area contributed by atoms with Gasteiger partial charge >= 0.3 is 5.69 Å². The van der Waals surface area contributed by atoms with Gasteiger partial charge in [-0.05, 0) is 11.6 Å². The Morgan fingerprint density at radius 3 is 2.76 bits per heavy atom. The van der Waals surface area contributed by atoms with E-state index in [1.54, 1.807) is 6.07 Å². The second kappa shape index (κ2) is 5.72. The van der Waals surface area contributed by atoms with E-state index in [4.69, 9.17) is 15.3 Å². The summed E-state index contributed by atoms with van der Waals surface area (Å²) in [5.41, 5.74) is 0.752. The molecule has 0 aliphatic heterocycles. The summed E-state index contributed by atoms with van der Waals surface area (Å²) < 4.78 is 6.48. The molecule has 0 unspecified atom stereocenters. The summed E-state index contributed by atoms with van der Waals surface area (Å²) in [7, 11) is 1.35. The van der Waals surface area contributed by atoms with Crippen molar-refractivity contribution in [2.45, 2.75) is 6.54 Å². The molecule has 0 saturated heterocycles. The second-order valence-electron chi connectivity index (χ2n) is 4.06. The van der Waals surface area contributed by atoms with Crippen molar-refractivity contribution < 1.29 is 9.66 Å². The van der Waals surface area contributed by atoms with Gasteiger partial charge in [0.1, 0.15) is 12.1 Å². The van der Waals surface area contributed by atoms with Crippen LogP contribution in [0.15, 0.2) is 24.5 Å². The predicted octanol–water partition coefficient (Wildman–Crippen LogP) is 1.59. The number of hydrogen-bond donors (Lipinski definition) is 0. The zero-order chi connectivity index (χ0) is 15.4. The highest BCUT2D eigenvalue weighted by Crippen LogP contribution is 2.28. The number of ether oxygens (including phenoxy) is 1. The highest BCUT2D eigenvalue weighted by molar-refractivity contribution is 5.48. The minimum absolute atomic E-state index is 0.0476. The molecule has 0 spiro atoms. The van der Waals surface area contributed by atoms with Crippen LogP contribution in [0.25, 0.3) is 0 Å². The maximum Gasteiger partial charge on any atom is 0.310 e. The summed E-state index contributed by atoms with van der Waals surface area (Å²) in [6, 6.07) is 8.16. The van der Waals surface area contributed by atoms with Gasteiger partial charge in [0.2, 0.25) is 0 Å². The summed E-state index contributed by atoms with van der Waals surface area (Å²) in [5.74, 6) is 0.136. The molecule has 21 heavy (non-hydrogen) atoms. The lowest BCUT2D eigenvalue weighted by molar-refractivity contribution is -0.385. The monoisotopic (exact) mass is 283 g/mol. The van der Waals surface area contributed by atoms with E-state index in [0.717, 1.165) is 0 Å². The lowest BCUT2D eigenvalue weighted by Gasteiger charge is -2.07. The highest BCUT2D eigenvalue weighted by Gasteiger charge is 2.16. The van der Waals surface area contributed by atoms with Crippen molar-refractivity contribution in [3.05, 3.63) is 51.6 Å². The standard InChI is InChI=1S/C13H9N5O3/c1-21-13-4-9(2-3-11(13)18(19)20)7-17-8-16-10(5-14)12(17)6-15/h2-4,8H,7H2,1H3. The number of rotatable bonds is 4. The normalized spacial score (nSPS) is 9.67. The summed E-state index contributed by atoms with van der Waals surface area (Å²) in [4.78, 5) is 14.1. The molecule has 0 amide bonds. The number of aromatic nitrogens is 2. The van der Waals surface area contributed by atoms with E-state index < -0.39 is 4.92 Å². The van der Waals surface area contributed by atoms with Crippen molar-refractivity contribution in [1.82, 2.24) is 9.55 Å². The van der Waals surface area contributed by atoms with Gasteiger partial charge in [-0.25, -0.2) is 4.98 Å². The Bertz CT molecular complexity index is 782. The Balaban J connectivity index is 2.37. The number of imidazole rings is 1. The molecular weight excluding hydrogens is 274 g/mol. The van der Waals surface area contributed by atoms with E-state index in [0.29, 0.717) is 5.56 Å². The fourth-order valence-corrected chi connectivity index (χ4v) is 1.87. The van der Waals surface area contributed by atoms with E-state index in [2.05, 4.69) is 4.98 Å². The van der Waals surface area contributed by atoms with Crippen molar-refractivity contribution in [2.24, 2.45) is 0 Å². The quantitative estimate of drug-likeness (QED) is 0.621. The van der Waals surface area contributed by atoms with Gasteiger partial charge in [-0.2, -0.15) is 10.5 Å². The molecule has 0 N–H and O–H groups in total. The van der Waals surface area contributed by atoms with E-state index >= 15 is 0 Å². The van der Waals surface area contributed by atoms with Gasteiger partial charge in [0.25, 0.3) is 0 Å². The number of methoxy groups -OCH3 is 1. The first-order valence-electron chi connectivity index (χ1n) is 5.77. The van der Waals surface area contributed by atoms with Crippen molar-refractivity contribution in [2.75, 3.05) is 7.11 Å². The van der Waals surface area contributed by atoms with Crippen LogP contribution in [0.1, 0.15) is 17.0 Å². The van der Waals surface area contributed by atoms with Crippen LogP contribution in [0.2, 0.25) is 0 Å². The summed E-state index contributed by atoms with van der Waals surface area (Å²) in [6.07, 6.45) is 1.38. The molecule has 1 aromatic carbocycles. The third-order valence-corrected chi connectivity index (χ3v) is 2.84. The number of hydrogen-bond acceptors (Lipinski definition) is 6. The molecule has 1 aromatic heterocycles. The Labute approximate surface area is 119 Å². The zero-order valence-electron chi connectivity index (χ0n) is 11.0. The molecule has 0 atom stereocenters. The minimum atomic E-state index is -0.533. The molecular formula is C13H9N5O3. The fourth-order valence-electron chi connectivity index (χ4n) is 1.87. The van der Waals surface area contributed by atoms with Crippen LogP contribution in [-0.4, -0.2) is 21.6 Å². The van der Waals surface area contributed by atoms with Gasteiger partial charge in [-0.15, -0.1) is 0 Å². The topological polar surface area (TPSA) is 118 Å². The lowest BCUT2D eigenvalue weighted by atomic mass is 10.2. The molecule has 8 nitrogen and oxygen atoms in total. The maximum absolute atomic E-state index is 10.8. The third kappa shape index (κ3) is 2.65. The third-order valence-electron chi connectivity index (χ3n) is 2.84. The van der Waals surface area contributed by atoms with Crippen LogP contribution in [-0.2, 0) is 6.54 Å². The van der Waals surface area contributed by atoms with Crippen LogP contribution in [0.4, 0.5) is 5.69 Å². The lowest BCUT2D eigenvalue weighted by Crippen LogP contribution is -2.03. The molecule has 2 aromatic rings. The van der Waals surface area contributed by atoms with E-state index in [1.165, 1.54) is 30.1 Å². The van der Waals surface area contributed by atoms with Crippen LogP contribution in [0.3, 0.4) is 0 Å². The fraction of sp³-hybridized carbons (Fsp3) is 0.154. The number of nitro groups is 1. The first-order valence-corrected chi connectivity index (χ1v) is 5.77. The van der Waals surface area contributed by atoms with Gasteiger partial charge in [-0.3, -0.25) is 10.1 Å². The average Bonchev–Trinajstić information content (AvgIpc) is 2.88. The van der Waals surface area contributed by atoms with Crippen molar-refractivity contribution in [3.63, 3.8) is 0 Å². The van der Waals surface area contributed by atoms with Gasteiger partial charge in [0, 0.05) is 12.6 Å². The number of benzene rings is 1. The number of nitro benzene ring substituents is 1. The van der Waals surface area contributed by atoms with Crippen molar-refractivity contribution in [3.8, 4) is 17.9 Å². The largest absolute Gasteiger partial charge is 0.490 e. The molecule has 8 heteroatoms. The summed E-state index contributed by atoms with van der Waals surface area (Å²) in [5, 5.41) is 28.7. The summed E-state index contributed by atoms with van der Waals surface area (Å²) >= 11 is 0. The van der Waals surface area contributed by atoms with Crippen LogP contribution in [0.5, 0.6) is 5.75 Å². The van der Waals surface area contributed by atoms with E-state index in [1.807, 2.05) is 12.1 Å². The molecule has 1 heterocycles. The van der Waals surface area contributed by atoms with E-state index in [9.17, 15) is 10.1 Å². The number of nitriles is 2. The number of nitrogens with zero attached hydrogens (tertiary/aromatic N) is 5. The molecule has 0 bridgehead atoms. The molecule has 0 saturated carbocycles. The van der Waals surface area contributed by atoms with Gasteiger partial charge in [0.15, 0.2) is 17.1 Å². The minimum Gasteiger partial charge on any atom is -0.490 e. The zero-order valence-corrected chi connectivity index (χ0v) is 11.0. The Morgan fingerprint density at radius 1 is 1.43 bits per heavy atom. The molecule has 2 rings (SSSR count). The predicted molar refractivity (Wildman–Crippen MR) is 70.4 cm³/mol. The first kappa shape index (κ1) is 14.0. The highest BCUT2D eigenvalue weighted by atomic mass is 16.6. The van der Waals surface area contributed by atoms with Gasteiger partial charge in [0.05, 0.1) is 18.4 Å². The Hall–Kier alpha value is -3.39. The molecule has 0 fully saturated rings. The summed E-state index contributed by atoms with van der Waals surface area (Å²) in [6.45, 7) is 0.256. The molecule has 0 aliphatic carbocycles. The first-order chi connectivity index (χ1) is 10.1.